The highest BCUT2D eigenvalue weighted by Crippen LogP contribution is 2.36. The van der Waals surface area contributed by atoms with Crippen molar-refractivity contribution >= 4 is 39.3 Å². The third-order valence-corrected chi connectivity index (χ3v) is 5.91. The largest absolute Gasteiger partial charge is 0.468 e. The number of carbonyl (C=O) groups is 1. The molecule has 7 heteroatoms. The zero-order chi connectivity index (χ0) is 15.9. The van der Waals surface area contributed by atoms with Crippen LogP contribution in [-0.2, 0) is 22.4 Å². The van der Waals surface area contributed by atoms with Crippen LogP contribution < -0.4 is 5.56 Å². The Morgan fingerprint density at radius 1 is 1.45 bits per heavy atom. The highest BCUT2D eigenvalue weighted by molar-refractivity contribution is 7.99. The maximum absolute atomic E-state index is 12.9. The highest BCUT2D eigenvalue weighted by atomic mass is 32.2. The van der Waals surface area contributed by atoms with Crippen molar-refractivity contribution in [2.75, 3.05) is 12.9 Å². The van der Waals surface area contributed by atoms with Crippen LogP contribution >= 0.6 is 23.1 Å². The molecule has 0 aliphatic heterocycles. The zero-order valence-corrected chi connectivity index (χ0v) is 14.5. The van der Waals surface area contributed by atoms with Crippen LogP contribution in [0.5, 0.6) is 0 Å². The lowest BCUT2D eigenvalue weighted by Crippen LogP contribution is -2.25. The van der Waals surface area contributed by atoms with Gasteiger partial charge in [0.15, 0.2) is 5.16 Å². The van der Waals surface area contributed by atoms with Gasteiger partial charge < -0.3 is 4.74 Å². The van der Waals surface area contributed by atoms with Crippen LogP contribution in [0.2, 0.25) is 0 Å². The molecule has 0 aromatic carbocycles. The molecule has 0 unspecified atom stereocenters. The molecule has 2 aromatic heterocycles. The van der Waals surface area contributed by atoms with Gasteiger partial charge in [0.1, 0.15) is 4.83 Å². The van der Waals surface area contributed by atoms with Crippen LogP contribution in [0.15, 0.2) is 9.95 Å². The van der Waals surface area contributed by atoms with E-state index in [4.69, 9.17) is 0 Å². The van der Waals surface area contributed by atoms with Crippen LogP contribution in [0.1, 0.15) is 36.8 Å². The molecule has 5 nitrogen and oxygen atoms in total. The zero-order valence-electron chi connectivity index (χ0n) is 12.8. The van der Waals surface area contributed by atoms with Crippen molar-refractivity contribution in [2.24, 2.45) is 0 Å². The topological polar surface area (TPSA) is 61.2 Å². The second-order valence-corrected chi connectivity index (χ2v) is 7.59. The van der Waals surface area contributed by atoms with Crippen LogP contribution in [-0.4, -0.2) is 28.4 Å². The van der Waals surface area contributed by atoms with Gasteiger partial charge in [-0.3, -0.25) is 14.2 Å². The Labute approximate surface area is 136 Å². The number of hydrogen-bond acceptors (Lipinski definition) is 6. The molecular weight excluding hydrogens is 320 g/mol. The van der Waals surface area contributed by atoms with Crippen molar-refractivity contribution in [3.05, 3.63) is 20.8 Å². The molecule has 2 aromatic rings. The number of esters is 1. The fourth-order valence-corrected chi connectivity index (χ4v) is 5.04. The van der Waals surface area contributed by atoms with Crippen LogP contribution in [0.25, 0.3) is 10.2 Å². The maximum Gasteiger partial charge on any atom is 0.316 e. The fraction of sp³-hybridized carbons (Fsp3) is 0.533. The number of aryl methyl sites for hydroxylation is 2. The number of nitrogens with zero attached hydrogens (tertiary/aromatic N) is 2. The number of fused-ring (bicyclic) bond motifs is 3. The second kappa shape index (κ2) is 6.04. The number of methoxy groups -OCH3 is 1. The SMILES string of the molecule is COC(=O)CSc1nc2sc3c(c2c(=O)n1C(C)C)CCC3. The monoisotopic (exact) mass is 338 g/mol. The molecule has 118 valence electrons. The van der Waals surface area contributed by atoms with E-state index in [1.807, 2.05) is 13.8 Å². The van der Waals surface area contributed by atoms with Crippen LogP contribution in [0.4, 0.5) is 0 Å². The Kier molecular flexibility index (Phi) is 4.27. The number of thiophene rings is 1. The molecule has 1 aliphatic rings. The van der Waals surface area contributed by atoms with Gasteiger partial charge in [0.25, 0.3) is 5.56 Å². The maximum atomic E-state index is 12.9. The minimum Gasteiger partial charge on any atom is -0.468 e. The lowest BCUT2D eigenvalue weighted by atomic mass is 10.2. The first-order valence-electron chi connectivity index (χ1n) is 7.29. The lowest BCUT2D eigenvalue weighted by molar-refractivity contribution is -0.137. The molecule has 2 heterocycles. The van der Waals surface area contributed by atoms with Gasteiger partial charge in [-0.15, -0.1) is 11.3 Å². The van der Waals surface area contributed by atoms with Gasteiger partial charge >= 0.3 is 5.97 Å². The van der Waals surface area contributed by atoms with E-state index in [0.29, 0.717) is 5.16 Å². The summed E-state index contributed by atoms with van der Waals surface area (Å²) in [5.74, 6) is -0.157. The molecule has 0 saturated carbocycles. The van der Waals surface area contributed by atoms with E-state index >= 15 is 0 Å². The summed E-state index contributed by atoms with van der Waals surface area (Å²) >= 11 is 2.88. The van der Waals surface area contributed by atoms with Crippen molar-refractivity contribution in [3.8, 4) is 0 Å². The van der Waals surface area contributed by atoms with Gasteiger partial charge in [-0.2, -0.15) is 0 Å². The third-order valence-electron chi connectivity index (χ3n) is 3.80. The van der Waals surface area contributed by atoms with E-state index in [-0.39, 0.29) is 23.3 Å². The Morgan fingerprint density at radius 2 is 2.23 bits per heavy atom. The quantitative estimate of drug-likeness (QED) is 0.487. The summed E-state index contributed by atoms with van der Waals surface area (Å²) in [5, 5.41) is 1.38. The molecular formula is C15H18N2O3S2. The molecule has 3 rings (SSSR count). The Morgan fingerprint density at radius 3 is 2.91 bits per heavy atom. The van der Waals surface area contributed by atoms with E-state index in [1.54, 1.807) is 15.9 Å². The number of thioether (sulfide) groups is 1. The lowest BCUT2D eigenvalue weighted by Gasteiger charge is -2.15. The standard InChI is InChI=1S/C15H18N2O3S2/c1-8(2)17-14(19)12-9-5-4-6-10(9)22-13(12)16-15(17)21-7-11(18)20-3/h8H,4-7H2,1-3H3. The summed E-state index contributed by atoms with van der Waals surface area (Å²) in [6, 6.07) is 0.00139. The number of ether oxygens (including phenoxy) is 1. The third kappa shape index (κ3) is 2.56. The fourth-order valence-electron chi connectivity index (χ4n) is 2.78. The highest BCUT2D eigenvalue weighted by Gasteiger charge is 2.24. The molecule has 0 atom stereocenters. The summed E-state index contributed by atoms with van der Waals surface area (Å²) in [7, 11) is 1.36. The van der Waals surface area contributed by atoms with Gasteiger partial charge in [0.05, 0.1) is 18.2 Å². The number of carbonyl (C=O) groups excluding carboxylic acids is 1. The summed E-state index contributed by atoms with van der Waals surface area (Å²) in [5.41, 5.74) is 1.21. The summed E-state index contributed by atoms with van der Waals surface area (Å²) in [6.07, 6.45) is 3.14. The van der Waals surface area contributed by atoms with Crippen molar-refractivity contribution < 1.29 is 9.53 Å². The molecule has 0 radical (unpaired) electrons. The molecule has 0 saturated heterocycles. The summed E-state index contributed by atoms with van der Waals surface area (Å²) < 4.78 is 6.36. The van der Waals surface area contributed by atoms with Gasteiger partial charge in [0.2, 0.25) is 0 Å². The molecule has 1 aliphatic carbocycles. The molecule has 0 amide bonds. The van der Waals surface area contributed by atoms with Crippen molar-refractivity contribution in [3.63, 3.8) is 0 Å². The van der Waals surface area contributed by atoms with Crippen LogP contribution in [0.3, 0.4) is 0 Å². The van der Waals surface area contributed by atoms with E-state index in [9.17, 15) is 9.59 Å². The predicted molar refractivity (Wildman–Crippen MR) is 89.0 cm³/mol. The van der Waals surface area contributed by atoms with Gasteiger partial charge in [0, 0.05) is 10.9 Å². The van der Waals surface area contributed by atoms with Crippen molar-refractivity contribution in [1.82, 2.24) is 9.55 Å². The molecule has 0 spiro atoms. The Hall–Kier alpha value is -1.34. The molecule has 0 N–H and O–H groups in total. The smallest absolute Gasteiger partial charge is 0.316 e. The van der Waals surface area contributed by atoms with Crippen molar-refractivity contribution in [1.29, 1.82) is 0 Å². The normalized spacial score (nSPS) is 13.8. The first-order valence-corrected chi connectivity index (χ1v) is 9.09. The van der Waals surface area contributed by atoms with E-state index < -0.39 is 0 Å². The summed E-state index contributed by atoms with van der Waals surface area (Å²) in [4.78, 5) is 31.1. The van der Waals surface area contributed by atoms with E-state index in [2.05, 4.69) is 9.72 Å². The first kappa shape index (κ1) is 15.6. The van der Waals surface area contributed by atoms with Gasteiger partial charge in [-0.05, 0) is 38.7 Å². The Bertz CT molecular complexity index is 792. The van der Waals surface area contributed by atoms with Gasteiger partial charge in [-0.25, -0.2) is 4.98 Å². The molecule has 0 fully saturated rings. The first-order chi connectivity index (χ1) is 10.5. The van der Waals surface area contributed by atoms with Crippen molar-refractivity contribution in [2.45, 2.75) is 44.3 Å². The van der Waals surface area contributed by atoms with Crippen LogP contribution in [0, 0.1) is 0 Å². The van der Waals surface area contributed by atoms with E-state index in [1.165, 1.54) is 29.3 Å². The van der Waals surface area contributed by atoms with Gasteiger partial charge in [-0.1, -0.05) is 11.8 Å². The number of rotatable bonds is 4. The number of hydrogen-bond donors (Lipinski definition) is 0. The molecule has 22 heavy (non-hydrogen) atoms. The number of aromatic nitrogens is 2. The Balaban J connectivity index is 2.13. The van der Waals surface area contributed by atoms with E-state index in [0.717, 1.165) is 29.5 Å². The average molecular weight is 338 g/mol. The molecule has 0 bridgehead atoms. The minimum absolute atomic E-state index is 0.00139. The minimum atomic E-state index is -0.316. The predicted octanol–water partition coefficient (Wildman–Crippen LogP) is 2.79. The summed E-state index contributed by atoms with van der Waals surface area (Å²) in [6.45, 7) is 3.92. The average Bonchev–Trinajstić information content (AvgIpc) is 3.04. The second-order valence-electron chi connectivity index (χ2n) is 5.57.